The van der Waals surface area contributed by atoms with Gasteiger partial charge in [0.15, 0.2) is 11.9 Å². The van der Waals surface area contributed by atoms with Crippen molar-refractivity contribution in [2.45, 2.75) is 84.7 Å². The summed E-state index contributed by atoms with van der Waals surface area (Å²) in [5.74, 6) is -0.317. The Hall–Kier alpha value is -3.87. The van der Waals surface area contributed by atoms with Crippen LogP contribution in [0.15, 0.2) is 60.9 Å². The molecule has 0 bridgehead atoms. The van der Waals surface area contributed by atoms with Crippen molar-refractivity contribution in [3.8, 4) is 17.1 Å². The first-order chi connectivity index (χ1) is 18.9. The van der Waals surface area contributed by atoms with Gasteiger partial charge >= 0.3 is 11.9 Å². The predicted molar refractivity (Wildman–Crippen MR) is 151 cm³/mol. The lowest BCUT2D eigenvalue weighted by Gasteiger charge is -2.12. The highest BCUT2D eigenvalue weighted by Gasteiger charge is 2.19. The number of aromatic nitrogens is 2. The monoisotopic (exact) mass is 530 g/mol. The van der Waals surface area contributed by atoms with Gasteiger partial charge in [-0.15, -0.1) is 0 Å². The molecule has 3 aromatic rings. The van der Waals surface area contributed by atoms with Crippen LogP contribution < -0.4 is 4.74 Å². The van der Waals surface area contributed by atoms with E-state index in [4.69, 9.17) is 9.47 Å². The fourth-order valence-corrected chi connectivity index (χ4v) is 4.10. The van der Waals surface area contributed by atoms with E-state index in [1.807, 2.05) is 19.3 Å². The first kappa shape index (κ1) is 29.7. The van der Waals surface area contributed by atoms with E-state index in [-0.39, 0.29) is 12.2 Å². The van der Waals surface area contributed by atoms with Gasteiger partial charge in [0.25, 0.3) is 0 Å². The summed E-state index contributed by atoms with van der Waals surface area (Å²) in [4.78, 5) is 45.8. The van der Waals surface area contributed by atoms with E-state index in [0.717, 1.165) is 24.0 Å². The van der Waals surface area contributed by atoms with Gasteiger partial charge in [-0.25, -0.2) is 14.8 Å². The fraction of sp³-hybridized carbons (Fsp3) is 0.406. The predicted octanol–water partition coefficient (Wildman–Crippen LogP) is 7.18. The number of unbranched alkanes of at least 4 members (excludes halogenated alkanes) is 5. The average molecular weight is 531 g/mol. The van der Waals surface area contributed by atoms with Crippen LogP contribution in [0, 0.1) is 0 Å². The second-order valence-electron chi connectivity index (χ2n) is 9.67. The SMILES string of the molecule is CCCCCCCCc1cnc(-c2ccc(C(=O)Oc3ccc(C(=O)C(C)OC(=O)CCC)cc3)cc2)nc1. The van der Waals surface area contributed by atoms with Crippen LogP contribution in [0.1, 0.15) is 98.4 Å². The maximum Gasteiger partial charge on any atom is 0.343 e. The van der Waals surface area contributed by atoms with Crippen LogP contribution in [0.3, 0.4) is 0 Å². The maximum absolute atomic E-state index is 12.6. The van der Waals surface area contributed by atoms with Crippen molar-refractivity contribution in [2.24, 2.45) is 0 Å². The normalized spacial score (nSPS) is 11.6. The fourth-order valence-electron chi connectivity index (χ4n) is 4.10. The van der Waals surface area contributed by atoms with Crippen LogP contribution in [0.25, 0.3) is 11.4 Å². The van der Waals surface area contributed by atoms with E-state index >= 15 is 0 Å². The lowest BCUT2D eigenvalue weighted by atomic mass is 10.1. The molecule has 0 saturated carbocycles. The number of carbonyl (C=O) groups excluding carboxylic acids is 3. The van der Waals surface area contributed by atoms with E-state index in [9.17, 15) is 14.4 Å². The van der Waals surface area contributed by atoms with Gasteiger partial charge in [0.2, 0.25) is 5.78 Å². The number of esters is 2. The molecular formula is C32H38N2O5. The van der Waals surface area contributed by atoms with E-state index in [1.54, 1.807) is 55.5 Å². The number of hydrogen-bond acceptors (Lipinski definition) is 7. The van der Waals surface area contributed by atoms with Crippen molar-refractivity contribution in [2.75, 3.05) is 0 Å². The highest BCUT2D eigenvalue weighted by molar-refractivity contribution is 6.00. The number of ketones is 1. The quantitative estimate of drug-likeness (QED) is 0.0888. The molecule has 0 saturated heterocycles. The smallest absolute Gasteiger partial charge is 0.343 e. The molecule has 39 heavy (non-hydrogen) atoms. The van der Waals surface area contributed by atoms with E-state index in [1.165, 1.54) is 32.1 Å². The van der Waals surface area contributed by atoms with Gasteiger partial charge in [0, 0.05) is 29.9 Å². The number of hydrogen-bond donors (Lipinski definition) is 0. The molecule has 0 aliphatic rings. The van der Waals surface area contributed by atoms with Crippen LogP contribution in [0.2, 0.25) is 0 Å². The van der Waals surface area contributed by atoms with E-state index in [2.05, 4.69) is 16.9 Å². The third-order valence-corrected chi connectivity index (χ3v) is 6.38. The zero-order valence-electron chi connectivity index (χ0n) is 23.2. The van der Waals surface area contributed by atoms with Crippen molar-refractivity contribution in [3.05, 3.63) is 77.6 Å². The number of carbonyl (C=O) groups is 3. The molecule has 0 fully saturated rings. The maximum atomic E-state index is 12.6. The molecule has 2 aromatic carbocycles. The standard InChI is InChI=1S/C32H38N2O5/c1-4-6-7-8-9-10-12-24-21-33-31(34-22-24)26-13-15-27(16-14-26)32(37)39-28-19-17-25(18-20-28)30(36)23(3)38-29(35)11-5-2/h13-23H,4-12H2,1-3H3. The molecule has 0 N–H and O–H groups in total. The summed E-state index contributed by atoms with van der Waals surface area (Å²) in [5, 5.41) is 0. The molecule has 0 radical (unpaired) electrons. The molecule has 1 atom stereocenters. The third-order valence-electron chi connectivity index (χ3n) is 6.38. The van der Waals surface area contributed by atoms with Crippen LogP contribution in [0.5, 0.6) is 5.75 Å². The summed E-state index contributed by atoms with van der Waals surface area (Å²) in [6.07, 6.45) is 12.3. The Labute approximate surface area is 231 Å². The first-order valence-corrected chi connectivity index (χ1v) is 13.9. The van der Waals surface area contributed by atoms with Gasteiger partial charge in [0.05, 0.1) is 5.56 Å². The van der Waals surface area contributed by atoms with Gasteiger partial charge in [-0.2, -0.15) is 0 Å². The molecule has 7 heteroatoms. The molecule has 0 spiro atoms. The summed E-state index contributed by atoms with van der Waals surface area (Å²) >= 11 is 0. The number of nitrogens with zero attached hydrogens (tertiary/aromatic N) is 2. The number of rotatable bonds is 15. The van der Waals surface area contributed by atoms with Gasteiger partial charge in [-0.3, -0.25) is 9.59 Å². The molecular weight excluding hydrogens is 492 g/mol. The molecule has 1 unspecified atom stereocenters. The molecule has 0 aliphatic carbocycles. The van der Waals surface area contributed by atoms with Crippen LogP contribution >= 0.6 is 0 Å². The highest BCUT2D eigenvalue weighted by Crippen LogP contribution is 2.19. The Morgan fingerprint density at radius 3 is 2.03 bits per heavy atom. The number of Topliss-reactive ketones (excluding diaryl/α,β-unsaturated/α-hetero) is 1. The minimum atomic E-state index is -0.878. The van der Waals surface area contributed by atoms with Crippen LogP contribution in [0.4, 0.5) is 0 Å². The molecule has 1 aromatic heterocycles. The van der Waals surface area contributed by atoms with Crippen molar-refractivity contribution in [1.29, 1.82) is 0 Å². The van der Waals surface area contributed by atoms with Crippen molar-refractivity contribution < 1.29 is 23.9 Å². The Morgan fingerprint density at radius 2 is 1.38 bits per heavy atom. The second kappa shape index (κ2) is 15.5. The Kier molecular flexibility index (Phi) is 11.8. The summed E-state index contributed by atoms with van der Waals surface area (Å²) in [7, 11) is 0. The summed E-state index contributed by atoms with van der Waals surface area (Å²) in [6, 6.07) is 13.1. The van der Waals surface area contributed by atoms with E-state index in [0.29, 0.717) is 29.1 Å². The lowest BCUT2D eigenvalue weighted by Crippen LogP contribution is -2.24. The zero-order valence-corrected chi connectivity index (χ0v) is 23.2. The zero-order chi connectivity index (χ0) is 28.0. The Bertz CT molecular complexity index is 1200. The summed E-state index contributed by atoms with van der Waals surface area (Å²) in [6.45, 7) is 5.64. The third kappa shape index (κ3) is 9.43. The topological polar surface area (TPSA) is 95.5 Å². The van der Waals surface area contributed by atoms with Gasteiger partial charge in [-0.1, -0.05) is 58.1 Å². The van der Waals surface area contributed by atoms with Crippen molar-refractivity contribution in [1.82, 2.24) is 9.97 Å². The molecule has 0 amide bonds. The minimum absolute atomic E-state index is 0.270. The molecule has 0 aliphatic heterocycles. The summed E-state index contributed by atoms with van der Waals surface area (Å²) < 4.78 is 10.6. The van der Waals surface area contributed by atoms with Gasteiger partial charge in [0.1, 0.15) is 5.75 Å². The average Bonchev–Trinajstić information content (AvgIpc) is 2.95. The summed E-state index contributed by atoms with van der Waals surface area (Å²) in [5.41, 5.74) is 2.70. The lowest BCUT2D eigenvalue weighted by molar-refractivity contribution is -0.146. The number of benzene rings is 2. The Morgan fingerprint density at radius 1 is 0.769 bits per heavy atom. The largest absolute Gasteiger partial charge is 0.454 e. The number of ether oxygens (including phenoxy) is 2. The number of aryl methyl sites for hydroxylation is 1. The van der Waals surface area contributed by atoms with Crippen molar-refractivity contribution in [3.63, 3.8) is 0 Å². The van der Waals surface area contributed by atoms with Crippen LogP contribution in [-0.2, 0) is 16.0 Å². The van der Waals surface area contributed by atoms with E-state index < -0.39 is 18.0 Å². The van der Waals surface area contributed by atoms with Crippen molar-refractivity contribution >= 4 is 17.7 Å². The van der Waals surface area contributed by atoms with Gasteiger partial charge in [-0.05, 0) is 68.1 Å². The van der Waals surface area contributed by atoms with Crippen LogP contribution in [-0.4, -0.2) is 33.8 Å². The molecule has 1 heterocycles. The molecule has 3 rings (SSSR count). The first-order valence-electron chi connectivity index (χ1n) is 13.9. The Balaban J connectivity index is 1.51. The molecule has 206 valence electrons. The highest BCUT2D eigenvalue weighted by atomic mass is 16.5. The molecule has 7 nitrogen and oxygen atoms in total. The van der Waals surface area contributed by atoms with Gasteiger partial charge < -0.3 is 9.47 Å². The second-order valence-corrected chi connectivity index (χ2v) is 9.67. The minimum Gasteiger partial charge on any atom is -0.454 e.